The van der Waals surface area contributed by atoms with E-state index in [1.54, 1.807) is 18.2 Å². The number of furan rings is 1. The van der Waals surface area contributed by atoms with Crippen molar-refractivity contribution in [2.24, 2.45) is 0 Å². The monoisotopic (exact) mass is 466 g/mol. The van der Waals surface area contributed by atoms with Crippen molar-refractivity contribution in [1.29, 1.82) is 0 Å². The summed E-state index contributed by atoms with van der Waals surface area (Å²) in [4.78, 5) is 5.36. The Morgan fingerprint density at radius 3 is 2.45 bits per heavy atom. The van der Waals surface area contributed by atoms with E-state index in [1.807, 2.05) is 12.1 Å². The number of nitrogens with zero attached hydrogens (tertiary/aromatic N) is 2. The Balaban J connectivity index is 1.30. The van der Waals surface area contributed by atoms with Gasteiger partial charge in [-0.3, -0.25) is 0 Å². The van der Waals surface area contributed by atoms with Crippen LogP contribution >= 0.6 is 35.4 Å². The minimum atomic E-state index is 0.597. The van der Waals surface area contributed by atoms with Crippen LogP contribution in [-0.2, 0) is 0 Å². The zero-order valence-corrected chi connectivity index (χ0v) is 19.1. The molecule has 0 spiro atoms. The van der Waals surface area contributed by atoms with Crippen LogP contribution in [0.4, 0.5) is 5.69 Å². The maximum atomic E-state index is 6.32. The van der Waals surface area contributed by atoms with E-state index >= 15 is 0 Å². The average molecular weight is 467 g/mol. The summed E-state index contributed by atoms with van der Waals surface area (Å²) in [6.07, 6.45) is 0. The van der Waals surface area contributed by atoms with Gasteiger partial charge >= 0.3 is 0 Å². The molecule has 4 aromatic rings. The second-order valence-corrected chi connectivity index (χ2v) is 8.80. The molecule has 5 rings (SSSR count). The topological polar surface area (TPSA) is 19.6 Å². The van der Waals surface area contributed by atoms with Gasteiger partial charge in [0.05, 0.1) is 5.02 Å². The van der Waals surface area contributed by atoms with Crippen LogP contribution in [0.25, 0.3) is 22.1 Å². The molecule has 0 bridgehead atoms. The van der Waals surface area contributed by atoms with Gasteiger partial charge < -0.3 is 14.2 Å². The van der Waals surface area contributed by atoms with E-state index < -0.39 is 0 Å². The lowest BCUT2D eigenvalue weighted by Gasteiger charge is -2.37. The second kappa shape index (κ2) is 8.54. The summed E-state index contributed by atoms with van der Waals surface area (Å²) in [6.45, 7) is 3.50. The van der Waals surface area contributed by atoms with E-state index in [4.69, 9.17) is 39.8 Å². The first kappa shape index (κ1) is 20.4. The molecule has 1 aliphatic rings. The molecule has 2 heterocycles. The van der Waals surface area contributed by atoms with Crippen LogP contribution in [0, 0.1) is 0 Å². The van der Waals surface area contributed by atoms with E-state index in [9.17, 15) is 0 Å². The molecule has 0 N–H and O–H groups in total. The van der Waals surface area contributed by atoms with Gasteiger partial charge in [-0.05, 0) is 41.8 Å². The van der Waals surface area contributed by atoms with Crippen molar-refractivity contribution < 1.29 is 4.42 Å². The van der Waals surface area contributed by atoms with Gasteiger partial charge in [0, 0.05) is 47.8 Å². The first-order chi connectivity index (χ1) is 15.1. The Kier molecular flexibility index (Phi) is 5.61. The molecule has 3 aromatic carbocycles. The molecule has 0 amide bonds. The van der Waals surface area contributed by atoms with Crippen LogP contribution in [0.2, 0.25) is 10.0 Å². The number of benzene rings is 3. The third-order valence-electron chi connectivity index (χ3n) is 5.68. The largest absolute Gasteiger partial charge is 0.454 e. The van der Waals surface area contributed by atoms with Gasteiger partial charge in [0.1, 0.15) is 10.7 Å². The number of hydrogen-bond donors (Lipinski definition) is 0. The molecular formula is C25H20Cl2N2OS. The summed E-state index contributed by atoms with van der Waals surface area (Å²) in [7, 11) is 0. The van der Waals surface area contributed by atoms with E-state index in [1.165, 1.54) is 16.5 Å². The van der Waals surface area contributed by atoms with Crippen molar-refractivity contribution >= 4 is 56.9 Å². The van der Waals surface area contributed by atoms with Gasteiger partial charge in [-0.1, -0.05) is 71.8 Å². The molecule has 0 radical (unpaired) electrons. The fraction of sp³-hybridized carbons (Fsp3) is 0.160. The normalized spacial score (nSPS) is 14.3. The number of anilines is 1. The molecule has 6 heteroatoms. The summed E-state index contributed by atoms with van der Waals surface area (Å²) in [6, 6.07) is 24.1. The summed E-state index contributed by atoms with van der Waals surface area (Å²) >= 11 is 18.2. The van der Waals surface area contributed by atoms with E-state index in [0.29, 0.717) is 21.6 Å². The highest BCUT2D eigenvalue weighted by Gasteiger charge is 2.23. The van der Waals surface area contributed by atoms with Crippen LogP contribution < -0.4 is 4.90 Å². The van der Waals surface area contributed by atoms with Crippen molar-refractivity contribution in [1.82, 2.24) is 4.90 Å². The Morgan fingerprint density at radius 1 is 0.839 bits per heavy atom. The van der Waals surface area contributed by atoms with Gasteiger partial charge in [-0.25, -0.2) is 0 Å². The van der Waals surface area contributed by atoms with Crippen LogP contribution in [0.15, 0.2) is 77.2 Å². The van der Waals surface area contributed by atoms with Gasteiger partial charge in [-0.15, -0.1) is 0 Å². The van der Waals surface area contributed by atoms with Crippen molar-refractivity contribution in [3.8, 4) is 11.3 Å². The number of fused-ring (bicyclic) bond motifs is 1. The lowest BCUT2D eigenvalue weighted by atomic mass is 10.1. The van der Waals surface area contributed by atoms with Gasteiger partial charge in [-0.2, -0.15) is 0 Å². The molecule has 1 saturated heterocycles. The standard InChI is InChI=1S/C25H20Cl2N2OS/c26-18-8-9-21(27)20(16-18)23-10-11-24(30-23)25(31)29-14-12-28(13-15-29)22-7-3-5-17-4-1-2-6-19(17)22/h1-11,16H,12-15H2. The molecule has 3 nitrogen and oxygen atoms in total. The lowest BCUT2D eigenvalue weighted by molar-refractivity contribution is 0.385. The number of piperazine rings is 1. The van der Waals surface area contributed by atoms with Gasteiger partial charge in [0.25, 0.3) is 0 Å². The number of hydrogen-bond acceptors (Lipinski definition) is 3. The highest BCUT2D eigenvalue weighted by Crippen LogP contribution is 2.32. The molecule has 0 atom stereocenters. The van der Waals surface area contributed by atoms with E-state index in [-0.39, 0.29) is 0 Å². The third-order valence-corrected chi connectivity index (χ3v) is 6.71. The SMILES string of the molecule is S=C(c1ccc(-c2cc(Cl)ccc2Cl)o1)N1CCN(c2cccc3ccccc23)CC1. The smallest absolute Gasteiger partial charge is 0.162 e. The van der Waals surface area contributed by atoms with Crippen LogP contribution in [-0.4, -0.2) is 36.1 Å². The molecule has 0 unspecified atom stereocenters. The minimum Gasteiger partial charge on any atom is -0.454 e. The average Bonchev–Trinajstić information content (AvgIpc) is 3.30. The van der Waals surface area contributed by atoms with Crippen molar-refractivity contribution in [2.45, 2.75) is 0 Å². The molecule has 1 aliphatic heterocycles. The zero-order valence-electron chi connectivity index (χ0n) is 16.7. The predicted molar refractivity (Wildman–Crippen MR) is 134 cm³/mol. The zero-order chi connectivity index (χ0) is 21.4. The lowest BCUT2D eigenvalue weighted by Crippen LogP contribution is -2.48. The van der Waals surface area contributed by atoms with Crippen molar-refractivity contribution in [3.05, 3.63) is 88.6 Å². The molecular weight excluding hydrogens is 447 g/mol. The van der Waals surface area contributed by atoms with E-state index in [2.05, 4.69) is 52.3 Å². The van der Waals surface area contributed by atoms with Gasteiger partial charge in [0.2, 0.25) is 0 Å². The fourth-order valence-electron chi connectivity index (χ4n) is 4.07. The fourth-order valence-corrected chi connectivity index (χ4v) is 4.75. The van der Waals surface area contributed by atoms with Crippen LogP contribution in [0.3, 0.4) is 0 Å². The summed E-state index contributed by atoms with van der Waals surface area (Å²) in [5.74, 6) is 1.35. The number of thiocarbonyl (C=S) groups is 1. The Labute approximate surface area is 196 Å². The molecule has 1 aromatic heterocycles. The van der Waals surface area contributed by atoms with Crippen molar-refractivity contribution in [3.63, 3.8) is 0 Å². The Hall–Kier alpha value is -2.53. The maximum absolute atomic E-state index is 6.32. The first-order valence-electron chi connectivity index (χ1n) is 10.2. The summed E-state index contributed by atoms with van der Waals surface area (Å²) < 4.78 is 6.05. The molecule has 1 fully saturated rings. The number of rotatable bonds is 3. The Bertz CT molecular complexity index is 1260. The molecule has 156 valence electrons. The van der Waals surface area contributed by atoms with E-state index in [0.717, 1.165) is 36.7 Å². The second-order valence-electron chi connectivity index (χ2n) is 7.57. The first-order valence-corrected chi connectivity index (χ1v) is 11.3. The maximum Gasteiger partial charge on any atom is 0.162 e. The minimum absolute atomic E-state index is 0.597. The van der Waals surface area contributed by atoms with Gasteiger partial charge in [0.15, 0.2) is 5.76 Å². The molecule has 0 saturated carbocycles. The highest BCUT2D eigenvalue weighted by atomic mass is 35.5. The predicted octanol–water partition coefficient (Wildman–Crippen LogP) is 6.90. The quantitative estimate of drug-likeness (QED) is 0.305. The summed E-state index contributed by atoms with van der Waals surface area (Å²) in [5.41, 5.74) is 2.04. The third kappa shape index (κ3) is 4.03. The number of halogens is 2. The molecule has 0 aliphatic carbocycles. The van der Waals surface area contributed by atoms with Crippen molar-refractivity contribution in [2.75, 3.05) is 31.1 Å². The summed E-state index contributed by atoms with van der Waals surface area (Å²) in [5, 5.41) is 3.76. The highest BCUT2D eigenvalue weighted by molar-refractivity contribution is 7.80. The van der Waals surface area contributed by atoms with Crippen LogP contribution in [0.1, 0.15) is 5.76 Å². The molecule has 31 heavy (non-hydrogen) atoms. The van der Waals surface area contributed by atoms with Crippen LogP contribution in [0.5, 0.6) is 0 Å². The Morgan fingerprint density at radius 2 is 1.61 bits per heavy atom.